The highest BCUT2D eigenvalue weighted by atomic mass is 32.2. The molecular formula is C7H7FN2O4S. The van der Waals surface area contributed by atoms with Crippen LogP contribution in [-0.2, 0) is 10.9 Å². The lowest BCUT2D eigenvalue weighted by atomic mass is 10.1. The molecule has 0 saturated carbocycles. The largest absolute Gasteiger partial charge is 0.478 e. The predicted molar refractivity (Wildman–Crippen MR) is 51.7 cm³/mol. The van der Waals surface area contributed by atoms with Crippen LogP contribution in [-0.4, -0.2) is 19.5 Å². The first kappa shape index (κ1) is 11.2. The molecule has 0 spiro atoms. The zero-order valence-corrected chi connectivity index (χ0v) is 8.12. The van der Waals surface area contributed by atoms with Gasteiger partial charge < -0.3 is 10.8 Å². The van der Waals surface area contributed by atoms with Gasteiger partial charge in [-0.3, -0.25) is 4.72 Å². The number of benzene rings is 1. The molecule has 0 amide bonds. The molecule has 0 fully saturated rings. The lowest BCUT2D eigenvalue weighted by Crippen LogP contribution is -2.05. The van der Waals surface area contributed by atoms with Crippen molar-refractivity contribution in [3.8, 4) is 0 Å². The lowest BCUT2D eigenvalue weighted by Gasteiger charge is -2.05. The van der Waals surface area contributed by atoms with E-state index in [0.29, 0.717) is 0 Å². The number of thiol groups is 1. The van der Waals surface area contributed by atoms with Gasteiger partial charge in [0.2, 0.25) is 10.9 Å². The minimum Gasteiger partial charge on any atom is -0.478 e. The minimum absolute atomic E-state index is 0.298. The van der Waals surface area contributed by atoms with Crippen LogP contribution >= 0.6 is 0 Å². The van der Waals surface area contributed by atoms with Crippen LogP contribution in [0.15, 0.2) is 12.1 Å². The van der Waals surface area contributed by atoms with E-state index in [4.69, 9.17) is 10.8 Å². The highest BCUT2D eigenvalue weighted by Crippen LogP contribution is 2.22. The van der Waals surface area contributed by atoms with Gasteiger partial charge in [0.25, 0.3) is 0 Å². The summed E-state index contributed by atoms with van der Waals surface area (Å²) in [7, 11) is -3.08. The smallest absolute Gasteiger partial charge is 0.335 e. The van der Waals surface area contributed by atoms with E-state index in [0.717, 1.165) is 12.1 Å². The Morgan fingerprint density at radius 2 is 2.07 bits per heavy atom. The normalized spacial score (nSPS) is 10.3. The van der Waals surface area contributed by atoms with E-state index in [-0.39, 0.29) is 5.56 Å². The number of nitrogens with one attached hydrogen (secondary N) is 1. The number of hydrogen-bond donors (Lipinski definition) is 4. The van der Waals surface area contributed by atoms with Crippen LogP contribution in [0, 0.1) is 5.82 Å². The summed E-state index contributed by atoms with van der Waals surface area (Å²) in [5.74, 6) is -2.33. The number of aromatic carboxylic acids is 1. The summed E-state index contributed by atoms with van der Waals surface area (Å²) in [5.41, 5.74) is 3.94. The zero-order chi connectivity index (χ0) is 11.6. The van der Waals surface area contributed by atoms with Crippen molar-refractivity contribution in [1.29, 1.82) is 0 Å². The summed E-state index contributed by atoms with van der Waals surface area (Å²) in [6.07, 6.45) is 0. The molecule has 82 valence electrons. The maximum absolute atomic E-state index is 13.2. The Balaban J connectivity index is 3.30. The monoisotopic (exact) mass is 234 g/mol. The number of carboxylic acid groups (broad SMARTS) is 1. The fourth-order valence-corrected chi connectivity index (χ4v) is 1.31. The van der Waals surface area contributed by atoms with Crippen LogP contribution in [0.1, 0.15) is 10.4 Å². The third-order valence-corrected chi connectivity index (χ3v) is 1.98. The molecular weight excluding hydrogens is 227 g/mol. The van der Waals surface area contributed by atoms with Gasteiger partial charge in [0, 0.05) is 0 Å². The highest BCUT2D eigenvalue weighted by molar-refractivity contribution is 7.73. The van der Waals surface area contributed by atoms with Crippen LogP contribution in [0.5, 0.6) is 0 Å². The van der Waals surface area contributed by atoms with Crippen molar-refractivity contribution in [3.63, 3.8) is 0 Å². The molecule has 8 heteroatoms. The van der Waals surface area contributed by atoms with E-state index >= 15 is 0 Å². The zero-order valence-electron chi connectivity index (χ0n) is 7.23. The van der Waals surface area contributed by atoms with Crippen LogP contribution < -0.4 is 10.5 Å². The number of halogens is 1. The van der Waals surface area contributed by atoms with Crippen LogP contribution in [0.25, 0.3) is 0 Å². The number of nitrogen functional groups attached to an aromatic ring is 1. The quantitative estimate of drug-likeness (QED) is 0.436. The molecule has 1 rings (SSSR count). The molecule has 15 heavy (non-hydrogen) atoms. The first-order valence-corrected chi connectivity index (χ1v) is 4.83. The van der Waals surface area contributed by atoms with Crippen molar-refractivity contribution >= 4 is 28.2 Å². The van der Waals surface area contributed by atoms with E-state index in [1.54, 1.807) is 4.72 Å². The molecule has 1 aromatic carbocycles. The molecule has 0 heterocycles. The molecule has 0 aliphatic rings. The summed E-state index contributed by atoms with van der Waals surface area (Å²) in [6, 6.07) is 1.75. The number of hydrogen-bond acceptors (Lipinski definition) is 4. The minimum atomic E-state index is -3.08. The van der Waals surface area contributed by atoms with Gasteiger partial charge in [0.05, 0.1) is 16.9 Å². The van der Waals surface area contributed by atoms with Gasteiger partial charge in [-0.05, 0) is 12.1 Å². The Hall–Kier alpha value is -1.83. The molecule has 0 aliphatic carbocycles. The topological polar surface area (TPSA) is 109 Å². The summed E-state index contributed by atoms with van der Waals surface area (Å²) in [4.78, 5) is 10.5. The molecule has 0 saturated heterocycles. The highest BCUT2D eigenvalue weighted by Gasteiger charge is 2.12. The van der Waals surface area contributed by atoms with Crippen LogP contribution in [0.4, 0.5) is 15.8 Å². The van der Waals surface area contributed by atoms with E-state index < -0.39 is 34.1 Å². The average molecular weight is 234 g/mol. The Kier molecular flexibility index (Phi) is 3.10. The van der Waals surface area contributed by atoms with Crippen molar-refractivity contribution in [2.45, 2.75) is 0 Å². The number of anilines is 2. The molecule has 0 bridgehead atoms. The number of rotatable bonds is 3. The average Bonchev–Trinajstić information content (AvgIpc) is 2.11. The van der Waals surface area contributed by atoms with Crippen molar-refractivity contribution in [2.75, 3.05) is 10.5 Å². The van der Waals surface area contributed by atoms with E-state index in [1.807, 2.05) is 0 Å². The number of carboxylic acids is 1. The van der Waals surface area contributed by atoms with Gasteiger partial charge in [-0.2, -0.15) is 0 Å². The van der Waals surface area contributed by atoms with E-state index in [9.17, 15) is 17.6 Å². The van der Waals surface area contributed by atoms with Gasteiger partial charge in [0.1, 0.15) is 0 Å². The predicted octanol–water partition coefficient (Wildman–Crippen LogP) is 0.0444. The van der Waals surface area contributed by atoms with E-state index in [1.165, 1.54) is 0 Å². The standard InChI is InChI=1S/C7H7FN2O4S/c8-6-4(9)1-3(7(11)12)2-5(6)10-15(13)14/h1-2,15H,9H2,(H,11,12)(H,10,13,14). The van der Waals surface area contributed by atoms with Crippen molar-refractivity contribution in [1.82, 2.24) is 0 Å². The molecule has 6 nitrogen and oxygen atoms in total. The van der Waals surface area contributed by atoms with Crippen molar-refractivity contribution < 1.29 is 22.7 Å². The van der Waals surface area contributed by atoms with Gasteiger partial charge in [0.15, 0.2) is 5.82 Å². The molecule has 0 unspecified atom stereocenters. The Morgan fingerprint density at radius 3 is 2.53 bits per heavy atom. The van der Waals surface area contributed by atoms with Gasteiger partial charge in [-0.25, -0.2) is 17.6 Å². The second-order valence-electron chi connectivity index (χ2n) is 2.60. The fraction of sp³-hybridized carbons (Fsp3) is 0. The third-order valence-electron chi connectivity index (χ3n) is 1.56. The molecule has 0 aromatic heterocycles. The van der Waals surface area contributed by atoms with Gasteiger partial charge in [-0.15, -0.1) is 0 Å². The Labute approximate surface area is 85.6 Å². The molecule has 0 atom stereocenters. The lowest BCUT2D eigenvalue weighted by molar-refractivity contribution is 0.0697. The Morgan fingerprint density at radius 1 is 1.47 bits per heavy atom. The Bertz CT molecular complexity index is 478. The van der Waals surface area contributed by atoms with Crippen molar-refractivity contribution in [3.05, 3.63) is 23.5 Å². The fourth-order valence-electron chi connectivity index (χ4n) is 0.950. The maximum Gasteiger partial charge on any atom is 0.335 e. The third kappa shape index (κ3) is 2.56. The number of carbonyl (C=O) groups is 1. The second-order valence-corrected chi connectivity index (χ2v) is 3.34. The summed E-state index contributed by atoms with van der Waals surface area (Å²) >= 11 is 0. The first-order chi connectivity index (χ1) is 6.91. The second kappa shape index (κ2) is 4.13. The van der Waals surface area contributed by atoms with Crippen molar-refractivity contribution in [2.24, 2.45) is 0 Å². The van der Waals surface area contributed by atoms with Gasteiger partial charge in [-0.1, -0.05) is 0 Å². The molecule has 4 N–H and O–H groups in total. The molecule has 0 aliphatic heterocycles. The molecule has 0 radical (unpaired) electrons. The summed E-state index contributed by atoms with van der Waals surface area (Å²) in [6.45, 7) is 0. The number of nitrogens with two attached hydrogens (primary N) is 1. The summed E-state index contributed by atoms with van der Waals surface area (Å²) < 4.78 is 35.5. The molecule has 1 aromatic rings. The van der Waals surface area contributed by atoms with E-state index in [2.05, 4.69) is 0 Å². The maximum atomic E-state index is 13.2. The van der Waals surface area contributed by atoms with Gasteiger partial charge >= 0.3 is 5.97 Å². The van der Waals surface area contributed by atoms with Crippen LogP contribution in [0.2, 0.25) is 0 Å². The summed E-state index contributed by atoms with van der Waals surface area (Å²) in [5, 5.41) is 8.60. The van der Waals surface area contributed by atoms with Crippen LogP contribution in [0.3, 0.4) is 0 Å². The SMILES string of the molecule is Nc1cc(C(=O)O)cc(N[SH](=O)=O)c1F. The first-order valence-electron chi connectivity index (χ1n) is 3.65.